The molecule has 16 heteroatoms. The van der Waals surface area contributed by atoms with E-state index in [1.807, 2.05) is 93.8 Å². The van der Waals surface area contributed by atoms with E-state index in [1.54, 1.807) is 24.3 Å². The van der Waals surface area contributed by atoms with Crippen molar-refractivity contribution in [3.8, 4) is 34.5 Å². The van der Waals surface area contributed by atoms with Gasteiger partial charge in [0.15, 0.2) is 23.0 Å². The minimum atomic E-state index is -1.05. The van der Waals surface area contributed by atoms with Crippen LogP contribution in [-0.2, 0) is 13.2 Å². The summed E-state index contributed by atoms with van der Waals surface area (Å²) in [4.78, 5) is 28.1. The number of nitrogens with two attached hydrogens (primary N) is 1. The molecule has 4 aromatic rings. The number of carbonyl (C=O) groups excluding carboxylic acids is 1. The number of rotatable bonds is 17. The van der Waals surface area contributed by atoms with Crippen LogP contribution in [0.3, 0.4) is 0 Å². The van der Waals surface area contributed by atoms with Crippen molar-refractivity contribution in [3.63, 3.8) is 0 Å². The van der Waals surface area contributed by atoms with Crippen LogP contribution in [0, 0.1) is 5.92 Å². The third kappa shape index (κ3) is 15.6. The van der Waals surface area contributed by atoms with Crippen molar-refractivity contribution < 1.29 is 51.9 Å². The maximum absolute atomic E-state index is 13.5. The van der Waals surface area contributed by atoms with Gasteiger partial charge in [-0.2, -0.15) is 0 Å². The number of hydrogen-bond acceptors (Lipinski definition) is 11. The van der Waals surface area contributed by atoms with E-state index in [9.17, 15) is 18.4 Å². The summed E-state index contributed by atoms with van der Waals surface area (Å²) in [5, 5.41) is 12.1. The van der Waals surface area contributed by atoms with Crippen molar-refractivity contribution in [2.24, 2.45) is 11.7 Å². The molecule has 0 saturated heterocycles. The van der Waals surface area contributed by atoms with E-state index in [-0.39, 0.29) is 47.1 Å². The molecule has 2 aliphatic carbocycles. The van der Waals surface area contributed by atoms with Gasteiger partial charge in [0.2, 0.25) is 11.5 Å². The molecule has 4 aromatic carbocycles. The Morgan fingerprint density at radius 3 is 1.61 bits per heavy atom. The van der Waals surface area contributed by atoms with E-state index in [0.717, 1.165) is 17.5 Å². The zero-order valence-corrected chi connectivity index (χ0v) is 39.9. The molecule has 3 unspecified atom stereocenters. The number of methoxy groups -OCH3 is 4. The first-order chi connectivity index (χ1) is 31.2. The van der Waals surface area contributed by atoms with Crippen LogP contribution in [0.2, 0.25) is 0 Å². The van der Waals surface area contributed by atoms with Crippen molar-refractivity contribution in [2.45, 2.75) is 56.9 Å². The second-order valence-electron chi connectivity index (χ2n) is 16.1. The van der Waals surface area contributed by atoms with Crippen molar-refractivity contribution in [1.29, 1.82) is 0 Å². The molecule has 2 aliphatic rings. The van der Waals surface area contributed by atoms with Crippen molar-refractivity contribution in [2.75, 3.05) is 69.7 Å². The van der Waals surface area contributed by atoms with Gasteiger partial charge >= 0.3 is 5.97 Å². The predicted octanol–water partition coefficient (Wildman–Crippen LogP) is 8.89. The van der Waals surface area contributed by atoms with Crippen LogP contribution in [0.4, 0.5) is 8.78 Å². The fourth-order valence-corrected chi connectivity index (χ4v) is 7.27. The summed E-state index contributed by atoms with van der Waals surface area (Å²) in [6, 6.07) is 25.7. The number of aromatic carboxylic acids is 1. The summed E-state index contributed by atoms with van der Waals surface area (Å²) in [5.41, 5.74) is 7.67. The number of nitrogens with one attached hydrogen (secondary N) is 1. The third-order valence-electron chi connectivity index (χ3n) is 11.4. The van der Waals surface area contributed by atoms with Crippen LogP contribution in [0.25, 0.3) is 0 Å². The predicted molar refractivity (Wildman–Crippen MR) is 255 cm³/mol. The molecular weight excluding hydrogens is 874 g/mol. The van der Waals surface area contributed by atoms with Crippen molar-refractivity contribution in [1.82, 2.24) is 15.1 Å². The van der Waals surface area contributed by atoms with Crippen molar-refractivity contribution >= 4 is 24.3 Å². The summed E-state index contributed by atoms with van der Waals surface area (Å²) >= 11 is 0. The Bertz CT molecular complexity index is 2160. The number of carboxylic acids is 1. The minimum Gasteiger partial charge on any atom is -0.493 e. The van der Waals surface area contributed by atoms with Crippen LogP contribution >= 0.6 is 12.4 Å². The first-order valence-corrected chi connectivity index (χ1v) is 21.3. The SMILES string of the molecule is CN(C)C1C=C(F)CC(CN)C1.COc1cc(C(=O)NCC2(N(C)C)CC=C(F)CC2)cc(OC)c1OCc1ccccc1.COc1cc(C(=O)O)cc(OC)c1OCc1ccccc1.Cl. The lowest BCUT2D eigenvalue weighted by Gasteiger charge is -2.41. The number of carboxylic acid groups (broad SMARTS) is 1. The fraction of sp³-hybridized carbons (Fsp3) is 0.400. The topological polar surface area (TPSA) is 154 Å². The van der Waals surface area contributed by atoms with Gasteiger partial charge in [-0.05, 0) is 101 Å². The maximum atomic E-state index is 13.5. The van der Waals surface area contributed by atoms with Gasteiger partial charge in [-0.25, -0.2) is 13.6 Å². The molecule has 3 atom stereocenters. The zero-order valence-electron chi connectivity index (χ0n) is 39.1. The zero-order chi connectivity index (χ0) is 47.5. The lowest BCUT2D eigenvalue weighted by atomic mass is 9.84. The smallest absolute Gasteiger partial charge is 0.335 e. The highest BCUT2D eigenvalue weighted by Crippen LogP contribution is 2.40. The molecule has 0 saturated carbocycles. The number of allylic oxidation sites excluding steroid dienone is 2. The normalized spacial score (nSPS) is 17.5. The fourth-order valence-electron chi connectivity index (χ4n) is 7.27. The van der Waals surface area contributed by atoms with Crippen LogP contribution in [0.5, 0.6) is 34.5 Å². The highest BCUT2D eigenvalue weighted by atomic mass is 35.5. The van der Waals surface area contributed by atoms with Gasteiger partial charge in [-0.3, -0.25) is 4.79 Å². The summed E-state index contributed by atoms with van der Waals surface area (Å²) in [7, 11) is 13.8. The van der Waals surface area contributed by atoms with Crippen LogP contribution in [-0.4, -0.2) is 108 Å². The molecule has 0 spiro atoms. The summed E-state index contributed by atoms with van der Waals surface area (Å²) in [6.07, 6.45) is 6.39. The van der Waals surface area contributed by atoms with Crippen LogP contribution < -0.4 is 39.5 Å². The molecule has 0 aliphatic heterocycles. The Balaban J connectivity index is 0.000000291. The van der Waals surface area contributed by atoms with Gasteiger partial charge in [0.25, 0.3) is 5.91 Å². The van der Waals surface area contributed by atoms with Crippen LogP contribution in [0.1, 0.15) is 63.9 Å². The Kier molecular flexibility index (Phi) is 22.2. The summed E-state index contributed by atoms with van der Waals surface area (Å²) in [6.45, 7) is 1.67. The second kappa shape index (κ2) is 26.9. The molecule has 6 rings (SSSR count). The van der Waals surface area contributed by atoms with Gasteiger partial charge in [0.05, 0.1) is 45.7 Å². The number of hydrogen-bond donors (Lipinski definition) is 3. The molecule has 13 nitrogen and oxygen atoms in total. The third-order valence-corrected chi connectivity index (χ3v) is 11.4. The van der Waals surface area contributed by atoms with Gasteiger partial charge < -0.3 is 54.4 Å². The highest BCUT2D eigenvalue weighted by molar-refractivity contribution is 5.95. The van der Waals surface area contributed by atoms with E-state index < -0.39 is 5.97 Å². The molecular formula is C50H65ClF2N4O9. The molecule has 1 amide bonds. The van der Waals surface area contributed by atoms with Gasteiger partial charge in [-0.1, -0.05) is 66.7 Å². The standard InChI is InChI=1S/C25H31FN2O4.C16H16O5.C9H17FN2.ClH/c1-28(2)25(12-10-20(26)11-13-25)17-27-24(29)19-14-21(30-3)23(22(15-19)31-4)32-16-18-8-6-5-7-9-18;1-19-13-8-12(16(17)18)9-14(20-2)15(13)21-10-11-6-4-3-5-7-11;1-12(2)9-4-7(6-11)3-8(10)5-9;/h5-10,14-15H,11-13,16-17H2,1-4H3,(H,27,29);3-9H,10H2,1-2H3,(H,17,18);5,7,9H,3-4,6,11H2,1-2H3;1H. The molecule has 0 radical (unpaired) electrons. The van der Waals surface area contributed by atoms with Gasteiger partial charge in [0.1, 0.15) is 13.2 Å². The van der Waals surface area contributed by atoms with Gasteiger partial charge in [-0.15, -0.1) is 12.4 Å². The van der Waals surface area contributed by atoms with E-state index in [1.165, 1.54) is 40.6 Å². The summed E-state index contributed by atoms with van der Waals surface area (Å²) < 4.78 is 59.6. The largest absolute Gasteiger partial charge is 0.493 e. The molecule has 0 fully saturated rings. The number of amides is 1. The number of halogens is 3. The Morgan fingerprint density at radius 2 is 1.23 bits per heavy atom. The maximum Gasteiger partial charge on any atom is 0.335 e. The number of nitrogens with zero attached hydrogens (tertiary/aromatic N) is 2. The first-order valence-electron chi connectivity index (χ1n) is 21.3. The summed E-state index contributed by atoms with van der Waals surface area (Å²) in [5.74, 6) is 1.21. The first kappa shape index (κ1) is 54.5. The Labute approximate surface area is 393 Å². The number of benzene rings is 4. The molecule has 0 heterocycles. The van der Waals surface area contributed by atoms with Crippen molar-refractivity contribution in [3.05, 3.63) is 131 Å². The highest BCUT2D eigenvalue weighted by Gasteiger charge is 2.35. The minimum absolute atomic E-state index is 0. The molecule has 4 N–H and O–H groups in total. The number of ether oxygens (including phenoxy) is 6. The molecule has 0 aromatic heterocycles. The van der Waals surface area contributed by atoms with E-state index in [4.69, 9.17) is 39.3 Å². The lowest BCUT2D eigenvalue weighted by Crippen LogP contribution is -2.53. The van der Waals surface area contributed by atoms with Crippen LogP contribution in [0.15, 0.2) is 109 Å². The number of likely N-dealkylation sites (N-methyl/N-ethyl adjacent to an activating group) is 2. The quantitative estimate of drug-likeness (QED) is 0.0927. The van der Waals surface area contributed by atoms with Gasteiger partial charge in [0, 0.05) is 36.5 Å². The number of carbonyl (C=O) groups is 2. The monoisotopic (exact) mass is 938 g/mol. The molecule has 66 heavy (non-hydrogen) atoms. The van der Waals surface area contributed by atoms with E-state index in [0.29, 0.717) is 98.0 Å². The van der Waals surface area contributed by atoms with E-state index in [2.05, 4.69) is 10.2 Å². The second-order valence-corrected chi connectivity index (χ2v) is 16.1. The average Bonchev–Trinajstić information content (AvgIpc) is 3.32. The van der Waals surface area contributed by atoms with E-state index >= 15 is 0 Å². The Morgan fingerprint density at radius 1 is 0.758 bits per heavy atom. The Hall–Kier alpha value is -5.87. The molecule has 0 bridgehead atoms. The molecule has 360 valence electrons. The lowest BCUT2D eigenvalue weighted by molar-refractivity contribution is 0.0695. The average molecular weight is 940 g/mol.